The van der Waals surface area contributed by atoms with Crippen LogP contribution < -0.4 is 0 Å². The second-order valence-electron chi connectivity index (χ2n) is 4.66. The number of carbonyl (C=O) groups is 1. The van der Waals surface area contributed by atoms with Gasteiger partial charge in [-0.05, 0) is 30.5 Å². The molecule has 1 saturated heterocycles. The molecule has 1 aliphatic rings. The van der Waals surface area contributed by atoms with Gasteiger partial charge in [0.15, 0.2) is 5.60 Å². The van der Waals surface area contributed by atoms with Crippen LogP contribution in [0, 0.1) is 11.6 Å². The number of carbonyl (C=O) groups excluding carboxylic acids is 1. The van der Waals surface area contributed by atoms with E-state index < -0.39 is 17.2 Å². The first kappa shape index (κ1) is 14.2. The number of ketones is 1. The van der Waals surface area contributed by atoms with E-state index in [1.165, 1.54) is 24.0 Å². The van der Waals surface area contributed by atoms with Crippen LogP contribution in [0.15, 0.2) is 41.6 Å². The van der Waals surface area contributed by atoms with E-state index >= 15 is 0 Å². The maximum Gasteiger partial charge on any atom is 0.203 e. The molecule has 0 amide bonds. The predicted molar refractivity (Wildman–Crippen MR) is 74.3 cm³/mol. The van der Waals surface area contributed by atoms with Gasteiger partial charge in [0, 0.05) is 23.4 Å². The van der Waals surface area contributed by atoms with Gasteiger partial charge in [0.1, 0.15) is 11.6 Å². The largest absolute Gasteiger partial charge is 0.356 e. The molecule has 21 heavy (non-hydrogen) atoms. The lowest BCUT2D eigenvalue weighted by Gasteiger charge is -2.12. The first-order chi connectivity index (χ1) is 10.1. The lowest BCUT2D eigenvalue weighted by Crippen LogP contribution is -2.24. The number of aromatic nitrogens is 1. The van der Waals surface area contributed by atoms with Crippen LogP contribution in [0.2, 0.25) is 0 Å². The van der Waals surface area contributed by atoms with E-state index in [4.69, 9.17) is 4.74 Å². The Morgan fingerprint density at radius 3 is 2.62 bits per heavy atom. The number of hydrogen-bond donors (Lipinski definition) is 0. The molecule has 2 aromatic rings. The number of epoxide rings is 1. The Morgan fingerprint density at radius 2 is 2.10 bits per heavy atom. The van der Waals surface area contributed by atoms with Crippen molar-refractivity contribution in [3.05, 3.63) is 59.3 Å². The van der Waals surface area contributed by atoms with Gasteiger partial charge in [-0.1, -0.05) is 0 Å². The summed E-state index contributed by atoms with van der Waals surface area (Å²) in [7, 11) is 0. The number of benzene rings is 1. The maximum atomic E-state index is 13.9. The fraction of sp³-hybridized carbons (Fsp3) is 0.200. The van der Waals surface area contributed by atoms with Crippen molar-refractivity contribution in [2.75, 3.05) is 12.9 Å². The maximum absolute atomic E-state index is 13.9. The van der Waals surface area contributed by atoms with Gasteiger partial charge in [0.25, 0.3) is 0 Å². The zero-order chi connectivity index (χ0) is 15.0. The highest BCUT2D eigenvalue weighted by Gasteiger charge is 2.55. The topological polar surface area (TPSA) is 42.5 Å². The SMILES string of the molecule is CSc1ccc(C(=O)C2(c3ccc(F)cc3F)CO2)cn1. The van der Waals surface area contributed by atoms with Gasteiger partial charge >= 0.3 is 0 Å². The Morgan fingerprint density at radius 1 is 1.33 bits per heavy atom. The standard InChI is InChI=1S/C15H11F2NO2S/c1-21-13-5-2-9(7-18-13)14(19)15(8-20-15)11-4-3-10(16)6-12(11)17/h2-7H,8H2,1H3. The summed E-state index contributed by atoms with van der Waals surface area (Å²) < 4.78 is 32.1. The van der Waals surface area contributed by atoms with Gasteiger partial charge in [-0.3, -0.25) is 4.79 Å². The molecule has 1 aliphatic heterocycles. The molecule has 0 radical (unpaired) electrons. The average molecular weight is 307 g/mol. The Hall–Kier alpha value is -1.79. The summed E-state index contributed by atoms with van der Waals surface area (Å²) in [4.78, 5) is 16.7. The minimum Gasteiger partial charge on any atom is -0.356 e. The van der Waals surface area contributed by atoms with Gasteiger partial charge in [0.05, 0.1) is 11.6 Å². The van der Waals surface area contributed by atoms with Crippen molar-refractivity contribution in [3.63, 3.8) is 0 Å². The van der Waals surface area contributed by atoms with Gasteiger partial charge < -0.3 is 4.74 Å². The molecule has 1 aromatic carbocycles. The van der Waals surface area contributed by atoms with Crippen LogP contribution in [0.5, 0.6) is 0 Å². The number of nitrogens with zero attached hydrogens (tertiary/aromatic N) is 1. The molecule has 2 heterocycles. The quantitative estimate of drug-likeness (QED) is 0.494. The van der Waals surface area contributed by atoms with Crippen molar-refractivity contribution in [2.24, 2.45) is 0 Å². The van der Waals surface area contributed by atoms with Gasteiger partial charge in [-0.15, -0.1) is 11.8 Å². The molecular weight excluding hydrogens is 296 g/mol. The fourth-order valence-electron chi connectivity index (χ4n) is 2.17. The van der Waals surface area contributed by atoms with Crippen LogP contribution in [0.4, 0.5) is 8.78 Å². The monoisotopic (exact) mass is 307 g/mol. The van der Waals surface area contributed by atoms with Crippen molar-refractivity contribution in [3.8, 4) is 0 Å². The van der Waals surface area contributed by atoms with Crippen molar-refractivity contribution >= 4 is 17.5 Å². The number of ether oxygens (including phenoxy) is 1. The molecule has 1 atom stereocenters. The number of Topliss-reactive ketones (excluding diaryl/α,β-unsaturated/α-hetero) is 1. The highest BCUT2D eigenvalue weighted by molar-refractivity contribution is 7.98. The summed E-state index contributed by atoms with van der Waals surface area (Å²) in [5.41, 5.74) is -0.947. The molecule has 1 aromatic heterocycles. The Bertz CT molecular complexity index is 699. The third-order valence-corrected chi connectivity index (χ3v) is 4.03. The van der Waals surface area contributed by atoms with E-state index in [9.17, 15) is 13.6 Å². The Labute approximate surface area is 124 Å². The van der Waals surface area contributed by atoms with Crippen molar-refractivity contribution in [1.82, 2.24) is 4.98 Å². The van der Waals surface area contributed by atoms with Crippen LogP contribution in [0.25, 0.3) is 0 Å². The first-order valence-electron chi connectivity index (χ1n) is 6.21. The molecule has 0 aliphatic carbocycles. The van der Waals surface area contributed by atoms with Crippen LogP contribution in [0.1, 0.15) is 15.9 Å². The smallest absolute Gasteiger partial charge is 0.203 e. The molecule has 0 saturated carbocycles. The number of thioether (sulfide) groups is 1. The normalized spacial score (nSPS) is 20.3. The van der Waals surface area contributed by atoms with E-state index in [1.807, 2.05) is 6.26 Å². The lowest BCUT2D eigenvalue weighted by molar-refractivity contribution is 0.0866. The molecule has 3 rings (SSSR count). The number of halogens is 2. The lowest BCUT2D eigenvalue weighted by atomic mass is 9.91. The van der Waals surface area contributed by atoms with Crippen LogP contribution in [-0.2, 0) is 10.3 Å². The van der Waals surface area contributed by atoms with Crippen LogP contribution >= 0.6 is 11.8 Å². The number of rotatable bonds is 4. The summed E-state index contributed by atoms with van der Waals surface area (Å²) in [6.45, 7) is 0.0820. The average Bonchev–Trinajstić information content (AvgIpc) is 3.28. The zero-order valence-corrected chi connectivity index (χ0v) is 11.9. The molecule has 6 heteroatoms. The molecule has 3 nitrogen and oxygen atoms in total. The van der Waals surface area contributed by atoms with E-state index in [0.29, 0.717) is 5.56 Å². The molecule has 1 fully saturated rings. The highest BCUT2D eigenvalue weighted by atomic mass is 32.2. The minimum absolute atomic E-state index is 0.0582. The minimum atomic E-state index is -1.35. The summed E-state index contributed by atoms with van der Waals surface area (Å²) in [5, 5.41) is 0.783. The van der Waals surface area contributed by atoms with E-state index in [2.05, 4.69) is 4.98 Å². The second-order valence-corrected chi connectivity index (χ2v) is 5.48. The summed E-state index contributed by atoms with van der Waals surface area (Å²) in [6.07, 6.45) is 3.32. The Kier molecular flexibility index (Phi) is 3.51. The molecule has 0 bridgehead atoms. The van der Waals surface area contributed by atoms with Gasteiger partial charge in [-0.25, -0.2) is 13.8 Å². The zero-order valence-electron chi connectivity index (χ0n) is 11.1. The third-order valence-electron chi connectivity index (χ3n) is 3.37. The van der Waals surface area contributed by atoms with Gasteiger partial charge in [-0.2, -0.15) is 0 Å². The summed E-state index contributed by atoms with van der Waals surface area (Å²) in [6, 6.07) is 6.46. The van der Waals surface area contributed by atoms with E-state index in [1.54, 1.807) is 12.1 Å². The molecule has 1 unspecified atom stereocenters. The van der Waals surface area contributed by atoms with E-state index in [-0.39, 0.29) is 18.0 Å². The van der Waals surface area contributed by atoms with Crippen molar-refractivity contribution in [1.29, 1.82) is 0 Å². The molecule has 0 N–H and O–H groups in total. The van der Waals surface area contributed by atoms with Crippen LogP contribution in [0.3, 0.4) is 0 Å². The summed E-state index contributed by atoms with van der Waals surface area (Å²) in [5.74, 6) is -1.84. The fourth-order valence-corrected chi connectivity index (χ4v) is 2.53. The van der Waals surface area contributed by atoms with E-state index in [0.717, 1.165) is 17.2 Å². The first-order valence-corrected chi connectivity index (χ1v) is 7.43. The Balaban J connectivity index is 1.96. The highest BCUT2D eigenvalue weighted by Crippen LogP contribution is 2.43. The predicted octanol–water partition coefficient (Wildman–Crippen LogP) is 3.19. The van der Waals surface area contributed by atoms with Crippen molar-refractivity contribution in [2.45, 2.75) is 10.6 Å². The second kappa shape index (κ2) is 5.20. The number of pyridine rings is 1. The summed E-state index contributed by atoms with van der Waals surface area (Å²) >= 11 is 1.46. The van der Waals surface area contributed by atoms with Crippen LogP contribution in [-0.4, -0.2) is 23.6 Å². The number of hydrogen-bond acceptors (Lipinski definition) is 4. The molecule has 0 spiro atoms. The molecular formula is C15H11F2NO2S. The van der Waals surface area contributed by atoms with Gasteiger partial charge in [0.2, 0.25) is 5.78 Å². The van der Waals surface area contributed by atoms with Crippen molar-refractivity contribution < 1.29 is 18.3 Å². The third kappa shape index (κ3) is 2.45. The molecule has 108 valence electrons.